The fourth-order valence-electron chi connectivity index (χ4n) is 2.13. The number of unbranched alkanes of at least 4 members (excludes halogenated alkanes) is 4. The molecule has 20 heavy (non-hydrogen) atoms. The smallest absolute Gasteiger partial charge is 0.383 e. The summed E-state index contributed by atoms with van der Waals surface area (Å²) >= 11 is 5.83. The lowest BCUT2D eigenvalue weighted by molar-refractivity contribution is -0.389. The first-order valence-corrected chi connectivity index (χ1v) is 7.33. The Hall–Kier alpha value is -1.14. The van der Waals surface area contributed by atoms with Gasteiger partial charge in [0.05, 0.1) is 12.1 Å². The first kappa shape index (κ1) is 16.9. The van der Waals surface area contributed by atoms with E-state index < -0.39 is 10.5 Å². The lowest BCUT2D eigenvalue weighted by Gasteiger charge is -2.23. The third kappa shape index (κ3) is 5.46. The number of hydrogen-bond donors (Lipinski definition) is 1. The normalized spacial score (nSPS) is 14.2. The van der Waals surface area contributed by atoms with Gasteiger partial charge in [-0.25, -0.2) is 0 Å². The topological polar surface area (TPSA) is 81.2 Å². The monoisotopic (exact) mass is 303 g/mol. The maximum atomic E-state index is 10.6. The molecule has 7 heteroatoms. The molecule has 0 amide bonds. The molecule has 0 aliphatic rings. The molecule has 0 aliphatic carbocycles. The van der Waals surface area contributed by atoms with E-state index in [2.05, 4.69) is 11.9 Å². The highest BCUT2D eigenvalue weighted by Crippen LogP contribution is 2.22. The molecule has 1 atom stereocenters. The van der Waals surface area contributed by atoms with Crippen LogP contribution >= 0.6 is 11.6 Å². The minimum atomic E-state index is -0.940. The minimum Gasteiger partial charge on any atom is -0.388 e. The van der Waals surface area contributed by atoms with Gasteiger partial charge in [-0.2, -0.15) is 0 Å². The van der Waals surface area contributed by atoms with E-state index in [9.17, 15) is 15.2 Å². The highest BCUT2D eigenvalue weighted by atomic mass is 35.5. The van der Waals surface area contributed by atoms with E-state index in [4.69, 9.17) is 11.6 Å². The van der Waals surface area contributed by atoms with E-state index in [-0.39, 0.29) is 17.6 Å². The summed E-state index contributed by atoms with van der Waals surface area (Å²) in [7, 11) is 0. The van der Waals surface area contributed by atoms with Crippen molar-refractivity contribution < 1.29 is 10.0 Å². The number of hydrogen-bond acceptors (Lipinski definition) is 4. The number of rotatable bonds is 9. The molecule has 1 aromatic heterocycles. The van der Waals surface area contributed by atoms with Crippen LogP contribution in [0.1, 0.15) is 52.4 Å². The molecule has 0 radical (unpaired) electrons. The summed E-state index contributed by atoms with van der Waals surface area (Å²) in [6.45, 7) is 4.08. The van der Waals surface area contributed by atoms with Crippen molar-refractivity contribution in [3.05, 3.63) is 21.6 Å². The zero-order valence-corrected chi connectivity index (χ0v) is 12.8. The van der Waals surface area contributed by atoms with Crippen molar-refractivity contribution in [2.75, 3.05) is 0 Å². The van der Waals surface area contributed by atoms with Gasteiger partial charge in [-0.3, -0.25) is 4.57 Å². The third-order valence-corrected chi connectivity index (χ3v) is 3.53. The molecule has 1 rings (SSSR count). The second-order valence-electron chi connectivity index (χ2n) is 5.41. The number of nitro groups is 1. The molecule has 1 N–H and O–H groups in total. The van der Waals surface area contributed by atoms with E-state index in [1.165, 1.54) is 30.0 Å². The Bertz CT molecular complexity index is 446. The van der Waals surface area contributed by atoms with Crippen molar-refractivity contribution in [3.63, 3.8) is 0 Å². The van der Waals surface area contributed by atoms with Crippen LogP contribution in [0.2, 0.25) is 5.28 Å². The number of aliphatic hydroxyl groups is 1. The second-order valence-corrected chi connectivity index (χ2v) is 5.75. The fourth-order valence-corrected chi connectivity index (χ4v) is 2.33. The predicted octanol–water partition coefficient (Wildman–Crippen LogP) is 3.56. The summed E-state index contributed by atoms with van der Waals surface area (Å²) in [5, 5.41) is 21.0. The van der Waals surface area contributed by atoms with E-state index >= 15 is 0 Å². The quantitative estimate of drug-likeness (QED) is 0.429. The van der Waals surface area contributed by atoms with Gasteiger partial charge in [0.2, 0.25) is 0 Å². The summed E-state index contributed by atoms with van der Waals surface area (Å²) in [6, 6.07) is 0. The van der Waals surface area contributed by atoms with Crippen molar-refractivity contribution in [1.29, 1.82) is 0 Å². The van der Waals surface area contributed by atoms with Gasteiger partial charge in [0.25, 0.3) is 0 Å². The first-order chi connectivity index (χ1) is 9.35. The number of aromatic nitrogens is 2. The molecule has 0 aliphatic heterocycles. The van der Waals surface area contributed by atoms with Crippen LogP contribution in [0.4, 0.5) is 5.82 Å². The van der Waals surface area contributed by atoms with Gasteiger partial charge in [0.1, 0.15) is 6.20 Å². The molecular weight excluding hydrogens is 282 g/mol. The van der Waals surface area contributed by atoms with E-state index in [1.807, 2.05) is 0 Å². The maximum Gasteiger partial charge on any atom is 0.383 e. The van der Waals surface area contributed by atoms with Crippen LogP contribution in [0.5, 0.6) is 0 Å². The SMILES string of the molecule is CCCCCCCC(C)(O)Cn1cc([N+](=O)[O-])nc1Cl. The number of nitrogens with zero attached hydrogens (tertiary/aromatic N) is 3. The summed E-state index contributed by atoms with van der Waals surface area (Å²) in [5.74, 6) is -0.297. The number of imidazole rings is 1. The average molecular weight is 304 g/mol. The van der Waals surface area contributed by atoms with Gasteiger partial charge in [-0.15, -0.1) is 0 Å². The van der Waals surface area contributed by atoms with Gasteiger partial charge in [0.15, 0.2) is 0 Å². The molecule has 6 nitrogen and oxygen atoms in total. The molecule has 1 unspecified atom stereocenters. The summed E-state index contributed by atoms with van der Waals surface area (Å²) < 4.78 is 1.42. The Balaban J connectivity index is 2.50. The van der Waals surface area contributed by atoms with Crippen LogP contribution in [-0.2, 0) is 6.54 Å². The highest BCUT2D eigenvalue weighted by Gasteiger charge is 2.25. The maximum absolute atomic E-state index is 10.6. The van der Waals surface area contributed by atoms with Crippen LogP contribution in [0.25, 0.3) is 0 Å². The zero-order valence-electron chi connectivity index (χ0n) is 12.0. The molecule has 0 aromatic carbocycles. The highest BCUT2D eigenvalue weighted by molar-refractivity contribution is 6.28. The van der Waals surface area contributed by atoms with Gasteiger partial charge in [0, 0.05) is 0 Å². The van der Waals surface area contributed by atoms with Crippen molar-refractivity contribution in [3.8, 4) is 0 Å². The molecule has 1 heterocycles. The van der Waals surface area contributed by atoms with Crippen molar-refractivity contribution in [1.82, 2.24) is 9.55 Å². The molecular formula is C13H22ClN3O3. The molecule has 0 fully saturated rings. The van der Waals surface area contributed by atoms with Crippen molar-refractivity contribution in [2.24, 2.45) is 0 Å². The second kappa shape index (κ2) is 7.59. The van der Waals surface area contributed by atoms with Gasteiger partial charge in [-0.05, 0) is 34.9 Å². The standard InChI is InChI=1S/C13H22ClN3O3/c1-3-4-5-6-7-8-13(2,18)10-16-9-11(17(19)20)15-12(16)14/h9,18H,3-8,10H2,1-2H3. The summed E-state index contributed by atoms with van der Waals surface area (Å²) in [6.07, 6.45) is 7.48. The molecule has 0 saturated carbocycles. The van der Waals surface area contributed by atoms with Crippen LogP contribution in [0.15, 0.2) is 6.20 Å². The van der Waals surface area contributed by atoms with Crippen LogP contribution in [0.3, 0.4) is 0 Å². The van der Waals surface area contributed by atoms with Crippen LogP contribution < -0.4 is 0 Å². The van der Waals surface area contributed by atoms with Gasteiger partial charge in [-0.1, -0.05) is 39.0 Å². The Morgan fingerprint density at radius 2 is 2.10 bits per heavy atom. The first-order valence-electron chi connectivity index (χ1n) is 6.95. The molecule has 0 saturated heterocycles. The van der Waals surface area contributed by atoms with Crippen LogP contribution in [0, 0.1) is 10.1 Å². The molecule has 0 bridgehead atoms. The Labute approximate surface area is 123 Å². The van der Waals surface area contributed by atoms with Crippen molar-refractivity contribution >= 4 is 17.4 Å². The van der Waals surface area contributed by atoms with Gasteiger partial charge < -0.3 is 15.2 Å². The minimum absolute atomic E-state index is 0.0305. The van der Waals surface area contributed by atoms with E-state index in [0.717, 1.165) is 12.8 Å². The lowest BCUT2D eigenvalue weighted by atomic mass is 9.97. The largest absolute Gasteiger partial charge is 0.388 e. The summed E-state index contributed by atoms with van der Waals surface area (Å²) in [4.78, 5) is 13.7. The van der Waals surface area contributed by atoms with Crippen LogP contribution in [-0.4, -0.2) is 25.2 Å². The summed E-state index contributed by atoms with van der Waals surface area (Å²) in [5.41, 5.74) is -0.940. The van der Waals surface area contributed by atoms with E-state index in [1.54, 1.807) is 6.92 Å². The Kier molecular flexibility index (Phi) is 6.42. The zero-order chi connectivity index (χ0) is 15.2. The Morgan fingerprint density at radius 3 is 2.65 bits per heavy atom. The number of halogens is 1. The van der Waals surface area contributed by atoms with Gasteiger partial charge >= 0.3 is 11.1 Å². The predicted molar refractivity (Wildman–Crippen MR) is 77.9 cm³/mol. The molecule has 1 aromatic rings. The average Bonchev–Trinajstić information content (AvgIpc) is 2.70. The van der Waals surface area contributed by atoms with Crippen molar-refractivity contribution in [2.45, 2.75) is 64.5 Å². The van der Waals surface area contributed by atoms with E-state index in [0.29, 0.717) is 6.42 Å². The third-order valence-electron chi connectivity index (χ3n) is 3.23. The Morgan fingerprint density at radius 1 is 1.45 bits per heavy atom. The lowest BCUT2D eigenvalue weighted by Crippen LogP contribution is -2.30. The fraction of sp³-hybridized carbons (Fsp3) is 0.769. The molecule has 0 spiro atoms. The molecule has 114 valence electrons.